The standard InChI is InChI=1S/C19H26ClNO3/c1-2-3-5-14-6-4-7-16(14)21-18(22)12-13-10-15(20)19-17(11-13)23-8-9-24-19/h10-11,14,16H,2-9,12H2,1H3,(H,21,22). The molecule has 1 aromatic carbocycles. The zero-order valence-corrected chi connectivity index (χ0v) is 15.0. The Morgan fingerprint density at radius 1 is 1.29 bits per heavy atom. The maximum absolute atomic E-state index is 12.4. The van der Waals surface area contributed by atoms with Gasteiger partial charge in [0.05, 0.1) is 11.4 Å². The summed E-state index contributed by atoms with van der Waals surface area (Å²) in [4.78, 5) is 12.4. The molecule has 1 amide bonds. The Bertz CT molecular complexity index is 590. The lowest BCUT2D eigenvalue weighted by molar-refractivity contribution is -0.121. The summed E-state index contributed by atoms with van der Waals surface area (Å²) in [7, 11) is 0. The van der Waals surface area contributed by atoms with E-state index in [4.69, 9.17) is 21.1 Å². The van der Waals surface area contributed by atoms with Crippen molar-refractivity contribution in [1.29, 1.82) is 0 Å². The summed E-state index contributed by atoms with van der Waals surface area (Å²) in [6.07, 6.45) is 7.56. The van der Waals surface area contributed by atoms with Gasteiger partial charge in [-0.3, -0.25) is 4.79 Å². The number of halogens is 1. The van der Waals surface area contributed by atoms with Crippen molar-refractivity contribution in [2.45, 2.75) is 57.9 Å². The molecule has 1 aliphatic carbocycles. The van der Waals surface area contributed by atoms with Gasteiger partial charge in [-0.2, -0.15) is 0 Å². The van der Waals surface area contributed by atoms with E-state index in [0.717, 1.165) is 12.0 Å². The molecule has 1 aliphatic heterocycles. The second-order valence-corrected chi connectivity index (χ2v) is 7.19. The molecule has 2 unspecified atom stereocenters. The lowest BCUT2D eigenvalue weighted by atomic mass is 9.96. The summed E-state index contributed by atoms with van der Waals surface area (Å²) in [5.74, 6) is 1.93. The molecule has 24 heavy (non-hydrogen) atoms. The molecule has 3 rings (SSSR count). The van der Waals surface area contributed by atoms with Crippen LogP contribution in [0, 0.1) is 5.92 Å². The number of carbonyl (C=O) groups excluding carboxylic acids is 1. The number of amides is 1. The highest BCUT2D eigenvalue weighted by atomic mass is 35.5. The summed E-state index contributed by atoms with van der Waals surface area (Å²) in [6.45, 7) is 3.24. The van der Waals surface area contributed by atoms with Gasteiger partial charge in [-0.15, -0.1) is 0 Å². The summed E-state index contributed by atoms with van der Waals surface area (Å²) in [6, 6.07) is 4.00. The Hall–Kier alpha value is -1.42. The van der Waals surface area contributed by atoms with Crippen molar-refractivity contribution in [3.63, 3.8) is 0 Å². The number of carbonyl (C=O) groups is 1. The van der Waals surface area contributed by atoms with E-state index in [2.05, 4.69) is 12.2 Å². The molecule has 2 aliphatic rings. The SMILES string of the molecule is CCCCC1CCCC1NC(=O)Cc1cc(Cl)c2c(c1)OCCO2. The molecule has 0 spiro atoms. The Kier molecular flexibility index (Phi) is 5.88. The molecule has 132 valence electrons. The van der Waals surface area contributed by atoms with Gasteiger partial charge in [0.2, 0.25) is 5.91 Å². The van der Waals surface area contributed by atoms with Crippen LogP contribution in [0.5, 0.6) is 11.5 Å². The number of hydrogen-bond donors (Lipinski definition) is 1. The van der Waals surface area contributed by atoms with Gasteiger partial charge in [-0.25, -0.2) is 0 Å². The summed E-state index contributed by atoms with van der Waals surface area (Å²) in [5.41, 5.74) is 0.866. The number of unbranched alkanes of at least 4 members (excludes halogenated alkanes) is 1. The van der Waals surface area contributed by atoms with Crippen molar-refractivity contribution in [3.05, 3.63) is 22.7 Å². The third kappa shape index (κ3) is 4.15. The first-order valence-corrected chi connectivity index (χ1v) is 9.42. The van der Waals surface area contributed by atoms with Crippen LogP contribution >= 0.6 is 11.6 Å². The van der Waals surface area contributed by atoms with E-state index in [1.54, 1.807) is 6.07 Å². The van der Waals surface area contributed by atoms with Gasteiger partial charge in [-0.1, -0.05) is 37.8 Å². The van der Waals surface area contributed by atoms with Crippen molar-refractivity contribution in [3.8, 4) is 11.5 Å². The fourth-order valence-corrected chi connectivity index (χ4v) is 4.04. The first-order valence-electron chi connectivity index (χ1n) is 9.04. The summed E-state index contributed by atoms with van der Waals surface area (Å²) >= 11 is 6.24. The van der Waals surface area contributed by atoms with Crippen molar-refractivity contribution in [2.24, 2.45) is 5.92 Å². The Morgan fingerprint density at radius 3 is 2.96 bits per heavy atom. The van der Waals surface area contributed by atoms with Gasteiger partial charge in [0, 0.05) is 6.04 Å². The van der Waals surface area contributed by atoms with Crippen LogP contribution in [0.4, 0.5) is 0 Å². The van der Waals surface area contributed by atoms with Crippen molar-refractivity contribution in [1.82, 2.24) is 5.32 Å². The van der Waals surface area contributed by atoms with Gasteiger partial charge in [0.1, 0.15) is 13.2 Å². The molecule has 0 bridgehead atoms. The van der Waals surface area contributed by atoms with Crippen molar-refractivity contribution >= 4 is 17.5 Å². The molecule has 1 aromatic rings. The highest BCUT2D eigenvalue weighted by Crippen LogP contribution is 2.38. The largest absolute Gasteiger partial charge is 0.486 e. The minimum Gasteiger partial charge on any atom is -0.486 e. The van der Waals surface area contributed by atoms with E-state index in [9.17, 15) is 4.79 Å². The number of benzene rings is 1. The monoisotopic (exact) mass is 351 g/mol. The second kappa shape index (κ2) is 8.11. The quantitative estimate of drug-likeness (QED) is 0.838. The van der Waals surface area contributed by atoms with Crippen LogP contribution in [0.2, 0.25) is 5.02 Å². The smallest absolute Gasteiger partial charge is 0.224 e. The second-order valence-electron chi connectivity index (χ2n) is 6.79. The topological polar surface area (TPSA) is 47.6 Å². The van der Waals surface area contributed by atoms with Crippen molar-refractivity contribution < 1.29 is 14.3 Å². The van der Waals surface area contributed by atoms with E-state index in [-0.39, 0.29) is 5.91 Å². The van der Waals surface area contributed by atoms with Crippen LogP contribution in [0.25, 0.3) is 0 Å². The number of nitrogens with one attached hydrogen (secondary N) is 1. The molecule has 4 nitrogen and oxygen atoms in total. The fourth-order valence-electron chi connectivity index (χ4n) is 3.75. The average molecular weight is 352 g/mol. The Morgan fingerprint density at radius 2 is 2.12 bits per heavy atom. The molecule has 5 heteroatoms. The van der Waals surface area contributed by atoms with Gasteiger partial charge in [-0.05, 0) is 42.9 Å². The third-order valence-corrected chi connectivity index (χ3v) is 5.24. The van der Waals surface area contributed by atoms with Gasteiger partial charge in [0.25, 0.3) is 0 Å². The van der Waals surface area contributed by atoms with Crippen LogP contribution < -0.4 is 14.8 Å². The fraction of sp³-hybridized carbons (Fsp3) is 0.632. The molecule has 1 saturated carbocycles. The number of ether oxygens (including phenoxy) is 2. The number of rotatable bonds is 6. The van der Waals surface area contributed by atoms with Crippen molar-refractivity contribution in [2.75, 3.05) is 13.2 Å². The Labute approximate surface area is 148 Å². The predicted octanol–water partition coefficient (Wildman–Crippen LogP) is 4.13. The predicted molar refractivity (Wildman–Crippen MR) is 94.9 cm³/mol. The van der Waals surface area contributed by atoms with E-state index in [0.29, 0.717) is 48.1 Å². The van der Waals surface area contributed by atoms with Crippen LogP contribution in [0.1, 0.15) is 51.0 Å². The van der Waals surface area contributed by atoms with E-state index in [1.165, 1.54) is 32.1 Å². The first-order chi connectivity index (χ1) is 11.7. The summed E-state index contributed by atoms with van der Waals surface area (Å²) < 4.78 is 11.1. The minimum absolute atomic E-state index is 0.0659. The normalized spacial score (nSPS) is 22.4. The molecule has 1 heterocycles. The van der Waals surface area contributed by atoms with E-state index >= 15 is 0 Å². The Balaban J connectivity index is 1.59. The zero-order valence-electron chi connectivity index (χ0n) is 14.3. The first kappa shape index (κ1) is 17.4. The number of hydrogen-bond acceptors (Lipinski definition) is 3. The van der Waals surface area contributed by atoms with Crippen LogP contribution in [-0.4, -0.2) is 25.2 Å². The molecule has 1 N–H and O–H groups in total. The molecule has 0 aromatic heterocycles. The molecule has 1 fully saturated rings. The number of fused-ring (bicyclic) bond motifs is 1. The van der Waals surface area contributed by atoms with Crippen LogP contribution in [0.3, 0.4) is 0 Å². The highest BCUT2D eigenvalue weighted by molar-refractivity contribution is 6.32. The molecule has 2 atom stereocenters. The molecular weight excluding hydrogens is 326 g/mol. The molecule has 0 saturated heterocycles. The third-order valence-electron chi connectivity index (χ3n) is 4.96. The lowest BCUT2D eigenvalue weighted by Crippen LogP contribution is -2.38. The maximum atomic E-state index is 12.4. The maximum Gasteiger partial charge on any atom is 0.224 e. The van der Waals surface area contributed by atoms with E-state index in [1.807, 2.05) is 6.07 Å². The van der Waals surface area contributed by atoms with Gasteiger partial charge >= 0.3 is 0 Å². The highest BCUT2D eigenvalue weighted by Gasteiger charge is 2.28. The van der Waals surface area contributed by atoms with Crippen LogP contribution in [0.15, 0.2) is 12.1 Å². The summed E-state index contributed by atoms with van der Waals surface area (Å²) in [5, 5.41) is 3.74. The lowest BCUT2D eigenvalue weighted by Gasteiger charge is -2.22. The van der Waals surface area contributed by atoms with Gasteiger partial charge < -0.3 is 14.8 Å². The van der Waals surface area contributed by atoms with E-state index < -0.39 is 0 Å². The minimum atomic E-state index is 0.0659. The van der Waals surface area contributed by atoms with Crippen LogP contribution in [-0.2, 0) is 11.2 Å². The molecular formula is C19H26ClNO3. The zero-order chi connectivity index (χ0) is 16.9. The molecule has 0 radical (unpaired) electrons. The van der Waals surface area contributed by atoms with Gasteiger partial charge in [0.15, 0.2) is 11.5 Å². The average Bonchev–Trinajstić information content (AvgIpc) is 2.99.